The molecular weight excluding hydrogens is 317 g/mol. The number of hydrogen-bond donors (Lipinski definition) is 2. The summed E-state index contributed by atoms with van der Waals surface area (Å²) in [7, 11) is 1.30. The number of hydrogen-bond acceptors (Lipinski definition) is 5. The van der Waals surface area contributed by atoms with Crippen molar-refractivity contribution in [2.24, 2.45) is 5.41 Å². The number of carboxylic acids is 1. The van der Waals surface area contributed by atoms with Crippen molar-refractivity contribution in [1.82, 2.24) is 5.32 Å². The Bertz CT molecular complexity index is 715. The number of esters is 1. The van der Waals surface area contributed by atoms with Gasteiger partial charge in [-0.05, 0) is 39.0 Å². The number of methoxy groups -OCH3 is 1. The van der Waals surface area contributed by atoms with E-state index >= 15 is 0 Å². The van der Waals surface area contributed by atoms with Crippen LogP contribution in [0.1, 0.15) is 36.7 Å². The van der Waals surface area contributed by atoms with Gasteiger partial charge in [-0.1, -0.05) is 0 Å². The van der Waals surface area contributed by atoms with E-state index in [9.17, 15) is 19.1 Å². The lowest BCUT2D eigenvalue weighted by molar-refractivity contribution is -0.152. The van der Waals surface area contributed by atoms with Gasteiger partial charge in [0.1, 0.15) is 5.41 Å². The number of rotatable bonds is 5. The lowest BCUT2D eigenvalue weighted by Crippen LogP contribution is -2.40. The second kappa shape index (κ2) is 6.51. The smallest absolute Gasteiger partial charge is 0.336 e. The summed E-state index contributed by atoms with van der Waals surface area (Å²) in [5.41, 5.74) is -0.496. The molecule has 7 heteroatoms. The van der Waals surface area contributed by atoms with Gasteiger partial charge < -0.3 is 19.9 Å². The average Bonchev–Trinajstić information content (AvgIpc) is 2.83. The molecule has 0 amide bonds. The second-order valence-corrected chi connectivity index (χ2v) is 5.76. The molecule has 6 nitrogen and oxygen atoms in total. The molecule has 0 bridgehead atoms. The lowest BCUT2D eigenvalue weighted by Gasteiger charge is -2.25. The minimum Gasteiger partial charge on any atom is -0.494 e. The third-order valence-electron chi connectivity index (χ3n) is 4.24. The van der Waals surface area contributed by atoms with Gasteiger partial charge in [0, 0.05) is 17.3 Å². The molecule has 0 fully saturated rings. The van der Waals surface area contributed by atoms with E-state index in [1.807, 2.05) is 0 Å². The normalized spacial score (nSPS) is 22.5. The first-order valence-corrected chi connectivity index (χ1v) is 7.52. The summed E-state index contributed by atoms with van der Waals surface area (Å²) < 4.78 is 23.9. The van der Waals surface area contributed by atoms with Gasteiger partial charge in [0.25, 0.3) is 0 Å². The van der Waals surface area contributed by atoms with Crippen LogP contribution in [0.4, 0.5) is 4.39 Å². The second-order valence-electron chi connectivity index (χ2n) is 5.76. The van der Waals surface area contributed by atoms with Gasteiger partial charge in [0.05, 0.1) is 19.3 Å². The minimum absolute atomic E-state index is 0.0740. The topological polar surface area (TPSA) is 84.9 Å². The fourth-order valence-corrected chi connectivity index (χ4v) is 2.64. The van der Waals surface area contributed by atoms with E-state index in [0.29, 0.717) is 5.70 Å². The van der Waals surface area contributed by atoms with Gasteiger partial charge in [-0.2, -0.15) is 0 Å². The summed E-state index contributed by atoms with van der Waals surface area (Å²) in [6.45, 7) is 5.46. The Morgan fingerprint density at radius 1 is 1.42 bits per heavy atom. The largest absolute Gasteiger partial charge is 0.494 e. The Hall–Kier alpha value is -2.57. The maximum absolute atomic E-state index is 13.8. The molecule has 0 saturated heterocycles. The van der Waals surface area contributed by atoms with Crippen molar-refractivity contribution in [2.45, 2.75) is 26.8 Å². The van der Waals surface area contributed by atoms with Crippen LogP contribution < -0.4 is 10.1 Å². The van der Waals surface area contributed by atoms with Crippen LogP contribution in [-0.4, -0.2) is 36.8 Å². The van der Waals surface area contributed by atoms with Gasteiger partial charge in [0.2, 0.25) is 0 Å². The predicted molar refractivity (Wildman–Crippen MR) is 85.2 cm³/mol. The summed E-state index contributed by atoms with van der Waals surface area (Å²) >= 11 is 0. The molecule has 2 N–H and O–H groups in total. The number of nitrogens with one attached hydrogen (secondary N) is 1. The van der Waals surface area contributed by atoms with Crippen LogP contribution >= 0.6 is 0 Å². The van der Waals surface area contributed by atoms with Crippen LogP contribution in [0.15, 0.2) is 18.2 Å². The first-order valence-electron chi connectivity index (χ1n) is 7.52. The molecule has 0 spiro atoms. The fourth-order valence-electron chi connectivity index (χ4n) is 2.64. The summed E-state index contributed by atoms with van der Waals surface area (Å²) in [4.78, 5) is 23.7. The van der Waals surface area contributed by atoms with Gasteiger partial charge in [-0.3, -0.25) is 4.79 Å². The molecule has 130 valence electrons. The minimum atomic E-state index is -1.27. The number of carboxylic acid groups (broad SMARTS) is 1. The van der Waals surface area contributed by atoms with Crippen molar-refractivity contribution in [3.05, 3.63) is 35.2 Å². The van der Waals surface area contributed by atoms with Crippen LogP contribution in [0, 0.1) is 11.2 Å². The first kappa shape index (κ1) is 17.8. The van der Waals surface area contributed by atoms with Crippen LogP contribution in [0.5, 0.6) is 5.75 Å². The Labute approximate surface area is 139 Å². The zero-order chi connectivity index (χ0) is 18.1. The third kappa shape index (κ3) is 2.93. The highest BCUT2D eigenvalue weighted by Gasteiger charge is 2.44. The predicted octanol–water partition coefficient (Wildman–Crippen LogP) is 2.43. The summed E-state index contributed by atoms with van der Waals surface area (Å²) in [6, 6.07) is 1.90. The molecule has 2 unspecified atom stereocenters. The molecule has 1 aromatic rings. The molecule has 1 aromatic carbocycles. The van der Waals surface area contributed by atoms with Gasteiger partial charge in [-0.25, -0.2) is 9.18 Å². The molecular formula is C17H20FNO5. The maximum Gasteiger partial charge on any atom is 0.336 e. The molecule has 2 rings (SSSR count). The molecule has 0 saturated carbocycles. The highest BCUT2D eigenvalue weighted by Crippen LogP contribution is 2.38. The van der Waals surface area contributed by atoms with E-state index in [4.69, 9.17) is 9.47 Å². The number of benzene rings is 1. The monoisotopic (exact) mass is 337 g/mol. The van der Waals surface area contributed by atoms with Crippen molar-refractivity contribution in [1.29, 1.82) is 0 Å². The molecule has 0 aromatic heterocycles. The van der Waals surface area contributed by atoms with E-state index in [2.05, 4.69) is 5.32 Å². The lowest BCUT2D eigenvalue weighted by atomic mass is 9.85. The summed E-state index contributed by atoms with van der Waals surface area (Å²) in [6.07, 6.45) is 1.62. The van der Waals surface area contributed by atoms with Crippen LogP contribution in [0.25, 0.3) is 5.70 Å². The average molecular weight is 337 g/mol. The summed E-state index contributed by atoms with van der Waals surface area (Å²) in [5, 5.41) is 12.4. The number of ether oxygens (including phenoxy) is 2. The molecule has 1 heterocycles. The number of halogens is 1. The van der Waals surface area contributed by atoms with E-state index in [1.54, 1.807) is 26.8 Å². The zero-order valence-corrected chi connectivity index (χ0v) is 14.0. The number of aromatic carboxylic acids is 1. The standard InChI is InChI=1S/C17H20FNO5/c1-5-24-16(22)17(3)8-13(19-9(17)2)10-7-14(23-4)12(18)6-11(10)15(20)21/h6-9,19H,5H2,1-4H3,(H,20,21). The number of carbonyl (C=O) groups is 2. The Kier molecular flexibility index (Phi) is 4.82. The van der Waals surface area contributed by atoms with Gasteiger partial charge in [-0.15, -0.1) is 0 Å². The van der Waals surface area contributed by atoms with Gasteiger partial charge in [0.15, 0.2) is 11.6 Å². The SMILES string of the molecule is CCOC(=O)C1(C)C=C(c2cc(OC)c(F)cc2C(=O)O)NC1C. The van der Waals surface area contributed by atoms with E-state index in [-0.39, 0.29) is 29.5 Å². The van der Waals surface area contributed by atoms with Crippen LogP contribution in [0.3, 0.4) is 0 Å². The Balaban J connectivity index is 2.56. The van der Waals surface area contributed by atoms with E-state index in [1.165, 1.54) is 13.2 Å². The Morgan fingerprint density at radius 2 is 2.08 bits per heavy atom. The Morgan fingerprint density at radius 3 is 2.62 bits per heavy atom. The molecule has 0 radical (unpaired) electrons. The molecule has 1 aliphatic rings. The van der Waals surface area contributed by atoms with Crippen molar-refractivity contribution >= 4 is 17.6 Å². The molecule has 2 atom stereocenters. The highest BCUT2D eigenvalue weighted by atomic mass is 19.1. The zero-order valence-electron chi connectivity index (χ0n) is 14.0. The van der Waals surface area contributed by atoms with Crippen LogP contribution in [0.2, 0.25) is 0 Å². The summed E-state index contributed by atoms with van der Waals surface area (Å²) in [5.74, 6) is -2.52. The van der Waals surface area contributed by atoms with E-state index in [0.717, 1.165) is 6.07 Å². The molecule has 0 aliphatic carbocycles. The molecule has 24 heavy (non-hydrogen) atoms. The maximum atomic E-state index is 13.8. The van der Waals surface area contributed by atoms with Crippen molar-refractivity contribution in [3.63, 3.8) is 0 Å². The van der Waals surface area contributed by atoms with Crippen molar-refractivity contribution < 1.29 is 28.6 Å². The third-order valence-corrected chi connectivity index (χ3v) is 4.24. The van der Waals surface area contributed by atoms with Crippen molar-refractivity contribution in [3.8, 4) is 5.75 Å². The highest BCUT2D eigenvalue weighted by molar-refractivity contribution is 5.96. The van der Waals surface area contributed by atoms with Gasteiger partial charge >= 0.3 is 11.9 Å². The number of carbonyl (C=O) groups excluding carboxylic acids is 1. The quantitative estimate of drug-likeness (QED) is 0.803. The van der Waals surface area contributed by atoms with Crippen molar-refractivity contribution in [2.75, 3.05) is 13.7 Å². The van der Waals surface area contributed by atoms with E-state index < -0.39 is 23.2 Å². The first-order chi connectivity index (χ1) is 11.2. The van der Waals surface area contributed by atoms with Crippen LogP contribution in [-0.2, 0) is 9.53 Å². The molecule has 1 aliphatic heterocycles. The fraction of sp³-hybridized carbons (Fsp3) is 0.412.